The van der Waals surface area contributed by atoms with Gasteiger partial charge in [-0.3, -0.25) is 9.59 Å². The van der Waals surface area contributed by atoms with Gasteiger partial charge in [0.25, 0.3) is 11.8 Å². The lowest BCUT2D eigenvalue weighted by molar-refractivity contribution is -0.120. The van der Waals surface area contributed by atoms with E-state index in [1.54, 1.807) is 43.3 Å². The molecule has 0 spiro atoms. The van der Waals surface area contributed by atoms with E-state index in [0.717, 1.165) is 4.90 Å². The fourth-order valence-corrected chi connectivity index (χ4v) is 3.29. The lowest BCUT2D eigenvalue weighted by atomic mass is 10.2. The molecule has 1 N–H and O–H groups in total. The molecule has 1 heterocycles. The van der Waals surface area contributed by atoms with Gasteiger partial charge in [0.05, 0.1) is 17.8 Å². The van der Waals surface area contributed by atoms with Crippen LogP contribution in [0.3, 0.4) is 0 Å². The van der Waals surface area contributed by atoms with Crippen molar-refractivity contribution in [1.29, 1.82) is 0 Å². The number of aryl methyl sites for hydroxylation is 1. The molecule has 2 aromatic carbocycles. The molecule has 1 aliphatic heterocycles. The summed E-state index contributed by atoms with van der Waals surface area (Å²) in [6.45, 7) is 1.75. The van der Waals surface area contributed by atoms with E-state index < -0.39 is 11.8 Å². The number of ether oxygens (including phenoxy) is 1. The highest BCUT2D eigenvalue weighted by molar-refractivity contribution is 6.53. The molecular formula is C18H13Cl3N2O3. The number of methoxy groups -OCH3 is 1. The van der Waals surface area contributed by atoms with Gasteiger partial charge in [0.2, 0.25) is 0 Å². The maximum Gasteiger partial charge on any atom is 0.283 e. The van der Waals surface area contributed by atoms with Crippen LogP contribution < -0.4 is 15.0 Å². The van der Waals surface area contributed by atoms with Crippen LogP contribution in [0, 0.1) is 6.92 Å². The molecule has 0 bridgehead atoms. The van der Waals surface area contributed by atoms with E-state index in [-0.39, 0.29) is 10.7 Å². The monoisotopic (exact) mass is 410 g/mol. The molecule has 26 heavy (non-hydrogen) atoms. The highest BCUT2D eigenvalue weighted by Gasteiger charge is 2.39. The van der Waals surface area contributed by atoms with Crippen LogP contribution >= 0.6 is 34.8 Å². The number of anilines is 2. The summed E-state index contributed by atoms with van der Waals surface area (Å²) in [5, 5.41) is 3.53. The van der Waals surface area contributed by atoms with Gasteiger partial charge in [0, 0.05) is 10.7 Å². The quantitative estimate of drug-likeness (QED) is 0.738. The van der Waals surface area contributed by atoms with Crippen molar-refractivity contribution < 1.29 is 14.3 Å². The molecule has 134 valence electrons. The maximum atomic E-state index is 12.8. The summed E-state index contributed by atoms with van der Waals surface area (Å²) in [4.78, 5) is 26.3. The molecule has 0 fully saturated rings. The van der Waals surface area contributed by atoms with Gasteiger partial charge in [0.15, 0.2) is 0 Å². The third kappa shape index (κ3) is 3.26. The average Bonchev–Trinajstić information content (AvgIpc) is 2.79. The van der Waals surface area contributed by atoms with Gasteiger partial charge >= 0.3 is 0 Å². The summed E-state index contributed by atoms with van der Waals surface area (Å²) < 4.78 is 5.09. The van der Waals surface area contributed by atoms with Gasteiger partial charge in [0.1, 0.15) is 16.5 Å². The SMILES string of the molecule is COc1ccc(NC2=C(Cl)C(=O)N(c3ccc(Cl)cc3C)C2=O)cc1Cl. The molecule has 3 rings (SSSR count). The highest BCUT2D eigenvalue weighted by atomic mass is 35.5. The summed E-state index contributed by atoms with van der Waals surface area (Å²) in [5.74, 6) is -0.675. The first-order valence-electron chi connectivity index (χ1n) is 7.48. The number of halogens is 3. The van der Waals surface area contributed by atoms with Crippen molar-refractivity contribution in [1.82, 2.24) is 0 Å². The Morgan fingerprint density at radius 2 is 1.73 bits per heavy atom. The van der Waals surface area contributed by atoms with Gasteiger partial charge < -0.3 is 10.1 Å². The van der Waals surface area contributed by atoms with Crippen LogP contribution in [0.25, 0.3) is 0 Å². The topological polar surface area (TPSA) is 58.6 Å². The van der Waals surface area contributed by atoms with Crippen molar-refractivity contribution in [2.24, 2.45) is 0 Å². The number of carbonyl (C=O) groups excluding carboxylic acids is 2. The number of benzene rings is 2. The van der Waals surface area contributed by atoms with Crippen molar-refractivity contribution in [3.05, 3.63) is 62.7 Å². The molecule has 0 radical (unpaired) electrons. The lowest BCUT2D eigenvalue weighted by Crippen LogP contribution is -2.32. The van der Waals surface area contributed by atoms with Gasteiger partial charge in [-0.15, -0.1) is 0 Å². The fourth-order valence-electron chi connectivity index (χ4n) is 2.59. The molecule has 5 nitrogen and oxygen atoms in total. The van der Waals surface area contributed by atoms with E-state index >= 15 is 0 Å². The molecule has 2 aromatic rings. The molecule has 0 saturated heterocycles. The van der Waals surface area contributed by atoms with Crippen LogP contribution in [-0.4, -0.2) is 18.9 Å². The molecule has 0 atom stereocenters. The van der Waals surface area contributed by atoms with Crippen LogP contribution in [0.15, 0.2) is 47.1 Å². The Kier molecular flexibility index (Phi) is 5.14. The first-order valence-corrected chi connectivity index (χ1v) is 8.62. The van der Waals surface area contributed by atoms with Crippen LogP contribution in [0.1, 0.15) is 5.56 Å². The normalized spacial score (nSPS) is 14.3. The first kappa shape index (κ1) is 18.6. The number of hydrogen-bond acceptors (Lipinski definition) is 4. The third-order valence-electron chi connectivity index (χ3n) is 3.85. The van der Waals surface area contributed by atoms with Crippen molar-refractivity contribution in [3.8, 4) is 5.75 Å². The van der Waals surface area contributed by atoms with Gasteiger partial charge in [-0.2, -0.15) is 0 Å². The molecule has 0 saturated carbocycles. The summed E-state index contributed by atoms with van der Waals surface area (Å²) in [6, 6.07) is 9.75. The van der Waals surface area contributed by atoms with Crippen molar-refractivity contribution in [2.75, 3.05) is 17.3 Å². The molecule has 0 aromatic heterocycles. The Bertz CT molecular complexity index is 957. The Hall–Kier alpha value is -2.21. The fraction of sp³-hybridized carbons (Fsp3) is 0.111. The second-order valence-corrected chi connectivity index (χ2v) is 6.76. The molecule has 0 unspecified atom stereocenters. The number of amides is 2. The van der Waals surface area contributed by atoms with Crippen LogP contribution in [0.5, 0.6) is 5.75 Å². The van der Waals surface area contributed by atoms with E-state index in [9.17, 15) is 9.59 Å². The number of rotatable bonds is 4. The van der Waals surface area contributed by atoms with Crippen LogP contribution in [0.4, 0.5) is 11.4 Å². The standard InChI is InChI=1S/C18H13Cl3N2O3/c1-9-7-10(19)3-5-13(9)23-17(24)15(21)16(18(23)25)22-11-4-6-14(26-2)12(20)8-11/h3-8,22H,1-2H3. The first-order chi connectivity index (χ1) is 12.3. The third-order valence-corrected chi connectivity index (χ3v) is 4.73. The Labute approximate surface area is 165 Å². The number of imide groups is 1. The van der Waals surface area contributed by atoms with Crippen LogP contribution in [-0.2, 0) is 9.59 Å². The summed E-state index contributed by atoms with van der Waals surface area (Å²) in [5.41, 5.74) is 1.58. The Balaban J connectivity index is 1.93. The van der Waals surface area contributed by atoms with Gasteiger partial charge in [-0.25, -0.2) is 4.90 Å². The number of carbonyl (C=O) groups is 2. The zero-order chi connectivity index (χ0) is 19.0. The Morgan fingerprint density at radius 3 is 2.35 bits per heavy atom. The van der Waals surface area contributed by atoms with Crippen molar-refractivity contribution >= 4 is 58.0 Å². The molecule has 8 heteroatoms. The molecule has 0 aliphatic carbocycles. The minimum absolute atomic E-state index is 0.0211. The minimum Gasteiger partial charge on any atom is -0.495 e. The van der Waals surface area contributed by atoms with Crippen molar-refractivity contribution in [2.45, 2.75) is 6.92 Å². The summed E-state index contributed by atoms with van der Waals surface area (Å²) >= 11 is 18.1. The number of nitrogens with one attached hydrogen (secondary N) is 1. The second-order valence-electron chi connectivity index (χ2n) is 5.54. The van der Waals surface area contributed by atoms with E-state index in [1.807, 2.05) is 0 Å². The Morgan fingerprint density at radius 1 is 1.00 bits per heavy atom. The number of hydrogen-bond donors (Lipinski definition) is 1. The maximum absolute atomic E-state index is 12.8. The average molecular weight is 412 g/mol. The number of nitrogens with zero attached hydrogens (tertiary/aromatic N) is 1. The van der Waals surface area contributed by atoms with E-state index in [0.29, 0.717) is 32.7 Å². The predicted octanol–water partition coefficient (Wildman–Crippen LogP) is 4.75. The van der Waals surface area contributed by atoms with E-state index in [2.05, 4.69) is 5.32 Å². The van der Waals surface area contributed by atoms with Crippen molar-refractivity contribution in [3.63, 3.8) is 0 Å². The molecule has 1 aliphatic rings. The van der Waals surface area contributed by atoms with Gasteiger partial charge in [-0.05, 0) is 48.9 Å². The zero-order valence-corrected chi connectivity index (χ0v) is 16.0. The molecular weight excluding hydrogens is 399 g/mol. The minimum atomic E-state index is -0.607. The van der Waals surface area contributed by atoms with Crippen LogP contribution in [0.2, 0.25) is 10.0 Å². The predicted molar refractivity (Wildman–Crippen MR) is 103 cm³/mol. The zero-order valence-electron chi connectivity index (χ0n) is 13.8. The van der Waals surface area contributed by atoms with Gasteiger partial charge in [-0.1, -0.05) is 34.8 Å². The smallest absolute Gasteiger partial charge is 0.283 e. The summed E-state index contributed by atoms with van der Waals surface area (Å²) in [7, 11) is 1.50. The second kappa shape index (κ2) is 7.19. The largest absolute Gasteiger partial charge is 0.495 e. The molecule has 2 amide bonds. The summed E-state index contributed by atoms with van der Waals surface area (Å²) in [6.07, 6.45) is 0. The van der Waals surface area contributed by atoms with E-state index in [4.69, 9.17) is 39.5 Å². The lowest BCUT2D eigenvalue weighted by Gasteiger charge is -2.17. The highest BCUT2D eigenvalue weighted by Crippen LogP contribution is 2.34. The van der Waals surface area contributed by atoms with E-state index in [1.165, 1.54) is 7.11 Å².